The van der Waals surface area contributed by atoms with Crippen LogP contribution in [0.5, 0.6) is 0 Å². The van der Waals surface area contributed by atoms with Crippen LogP contribution in [-0.4, -0.2) is 29.5 Å². The summed E-state index contributed by atoms with van der Waals surface area (Å²) in [5.74, 6) is 0. The molecular formula is C9H11BrClNO2. The molecule has 1 rings (SSSR count). The first-order chi connectivity index (χ1) is 6.63. The molecule has 1 unspecified atom stereocenters. The normalized spacial score (nSPS) is 12.6. The molecule has 0 bridgehead atoms. The van der Waals surface area contributed by atoms with Gasteiger partial charge in [-0.2, -0.15) is 0 Å². The fourth-order valence-corrected chi connectivity index (χ4v) is 1.47. The average Bonchev–Trinajstić information content (AvgIpc) is 2.19. The number of halogens is 2. The SMILES string of the molecule is OCC(O)CNc1cc(Br)ccc1Cl. The molecule has 0 fully saturated rings. The van der Waals surface area contributed by atoms with E-state index < -0.39 is 6.10 Å². The molecule has 1 atom stereocenters. The Hall–Kier alpha value is -0.290. The minimum absolute atomic E-state index is 0.265. The highest BCUT2D eigenvalue weighted by Crippen LogP contribution is 2.25. The third-order valence-electron chi connectivity index (χ3n) is 1.67. The van der Waals surface area contributed by atoms with Crippen LogP contribution < -0.4 is 5.32 Å². The van der Waals surface area contributed by atoms with Gasteiger partial charge in [-0.3, -0.25) is 0 Å². The fraction of sp³-hybridized carbons (Fsp3) is 0.333. The molecule has 0 saturated carbocycles. The number of anilines is 1. The van der Waals surface area contributed by atoms with Crippen LogP contribution in [0.2, 0.25) is 5.02 Å². The molecule has 0 radical (unpaired) electrons. The van der Waals surface area contributed by atoms with E-state index in [1.54, 1.807) is 6.07 Å². The van der Waals surface area contributed by atoms with Gasteiger partial charge in [0.05, 0.1) is 23.4 Å². The zero-order valence-corrected chi connectivity index (χ0v) is 9.72. The van der Waals surface area contributed by atoms with E-state index in [4.69, 9.17) is 21.8 Å². The van der Waals surface area contributed by atoms with Gasteiger partial charge < -0.3 is 15.5 Å². The van der Waals surface area contributed by atoms with Crippen molar-refractivity contribution >= 4 is 33.2 Å². The van der Waals surface area contributed by atoms with Gasteiger partial charge in [-0.1, -0.05) is 27.5 Å². The first-order valence-electron chi connectivity index (χ1n) is 4.11. The van der Waals surface area contributed by atoms with E-state index in [0.29, 0.717) is 5.02 Å². The standard InChI is InChI=1S/C9H11BrClNO2/c10-6-1-2-8(11)9(3-6)12-4-7(14)5-13/h1-3,7,12-14H,4-5H2. The largest absolute Gasteiger partial charge is 0.394 e. The van der Waals surface area contributed by atoms with Crippen LogP contribution in [0.3, 0.4) is 0 Å². The van der Waals surface area contributed by atoms with Crippen molar-refractivity contribution in [3.05, 3.63) is 27.7 Å². The molecule has 0 aliphatic heterocycles. The van der Waals surface area contributed by atoms with Gasteiger partial charge in [-0.25, -0.2) is 0 Å². The Morgan fingerprint density at radius 2 is 2.21 bits per heavy atom. The van der Waals surface area contributed by atoms with Gasteiger partial charge in [0, 0.05) is 11.0 Å². The lowest BCUT2D eigenvalue weighted by Gasteiger charge is -2.11. The number of hydrogen-bond acceptors (Lipinski definition) is 3. The number of rotatable bonds is 4. The molecule has 0 aliphatic carbocycles. The smallest absolute Gasteiger partial charge is 0.0942 e. The van der Waals surface area contributed by atoms with Crippen LogP contribution in [0.1, 0.15) is 0 Å². The van der Waals surface area contributed by atoms with Crippen LogP contribution >= 0.6 is 27.5 Å². The minimum atomic E-state index is -0.773. The molecular weight excluding hydrogens is 269 g/mol. The molecule has 0 amide bonds. The maximum Gasteiger partial charge on any atom is 0.0942 e. The number of benzene rings is 1. The second-order valence-corrected chi connectivity index (χ2v) is 4.16. The highest BCUT2D eigenvalue weighted by Gasteiger charge is 2.04. The van der Waals surface area contributed by atoms with E-state index in [-0.39, 0.29) is 13.2 Å². The summed E-state index contributed by atoms with van der Waals surface area (Å²) in [6.07, 6.45) is -0.773. The molecule has 0 aliphatic rings. The molecule has 0 aromatic heterocycles. The predicted octanol–water partition coefficient (Wildman–Crippen LogP) is 1.87. The van der Waals surface area contributed by atoms with E-state index in [0.717, 1.165) is 10.2 Å². The van der Waals surface area contributed by atoms with Gasteiger partial charge in [-0.15, -0.1) is 0 Å². The van der Waals surface area contributed by atoms with Crippen molar-refractivity contribution in [1.29, 1.82) is 0 Å². The highest BCUT2D eigenvalue weighted by molar-refractivity contribution is 9.10. The third kappa shape index (κ3) is 3.46. The van der Waals surface area contributed by atoms with Crippen molar-refractivity contribution in [3.8, 4) is 0 Å². The van der Waals surface area contributed by atoms with E-state index in [2.05, 4.69) is 21.2 Å². The average molecular weight is 281 g/mol. The van der Waals surface area contributed by atoms with Crippen molar-refractivity contribution in [1.82, 2.24) is 0 Å². The second-order valence-electron chi connectivity index (χ2n) is 2.84. The minimum Gasteiger partial charge on any atom is -0.394 e. The van der Waals surface area contributed by atoms with Gasteiger partial charge in [0.1, 0.15) is 0 Å². The summed E-state index contributed by atoms with van der Waals surface area (Å²) in [6, 6.07) is 5.39. The first-order valence-corrected chi connectivity index (χ1v) is 5.28. The summed E-state index contributed by atoms with van der Waals surface area (Å²) >= 11 is 9.21. The fourth-order valence-electron chi connectivity index (χ4n) is 0.925. The quantitative estimate of drug-likeness (QED) is 0.789. The molecule has 0 saturated heterocycles. The van der Waals surface area contributed by atoms with Crippen molar-refractivity contribution < 1.29 is 10.2 Å². The summed E-state index contributed by atoms with van der Waals surface area (Å²) in [7, 11) is 0. The van der Waals surface area contributed by atoms with Crippen molar-refractivity contribution in [2.24, 2.45) is 0 Å². The Morgan fingerprint density at radius 3 is 2.86 bits per heavy atom. The molecule has 5 heteroatoms. The maximum atomic E-state index is 9.11. The van der Waals surface area contributed by atoms with Gasteiger partial charge in [0.15, 0.2) is 0 Å². The zero-order chi connectivity index (χ0) is 10.6. The van der Waals surface area contributed by atoms with Crippen molar-refractivity contribution in [2.45, 2.75) is 6.10 Å². The lowest BCUT2D eigenvalue weighted by molar-refractivity contribution is 0.105. The van der Waals surface area contributed by atoms with Crippen LogP contribution in [0.4, 0.5) is 5.69 Å². The molecule has 0 spiro atoms. The summed E-state index contributed by atoms with van der Waals surface area (Å²) in [5, 5.41) is 21.2. The molecule has 3 nitrogen and oxygen atoms in total. The second kappa shape index (κ2) is 5.56. The Morgan fingerprint density at radius 1 is 1.50 bits per heavy atom. The maximum absolute atomic E-state index is 9.11. The topological polar surface area (TPSA) is 52.5 Å². The van der Waals surface area contributed by atoms with E-state index >= 15 is 0 Å². The number of hydrogen-bond donors (Lipinski definition) is 3. The molecule has 3 N–H and O–H groups in total. The zero-order valence-electron chi connectivity index (χ0n) is 7.37. The summed E-state index contributed by atoms with van der Waals surface area (Å²) in [5.41, 5.74) is 0.730. The summed E-state index contributed by atoms with van der Waals surface area (Å²) < 4.78 is 0.905. The lowest BCUT2D eigenvalue weighted by Crippen LogP contribution is -2.23. The number of aliphatic hydroxyl groups excluding tert-OH is 2. The lowest BCUT2D eigenvalue weighted by atomic mass is 10.3. The number of nitrogens with one attached hydrogen (secondary N) is 1. The van der Waals surface area contributed by atoms with Gasteiger partial charge in [0.2, 0.25) is 0 Å². The Bertz CT molecular complexity index is 309. The van der Waals surface area contributed by atoms with Gasteiger partial charge >= 0.3 is 0 Å². The van der Waals surface area contributed by atoms with E-state index in [1.807, 2.05) is 12.1 Å². The van der Waals surface area contributed by atoms with Crippen LogP contribution in [0, 0.1) is 0 Å². The Labute approximate surface area is 95.8 Å². The van der Waals surface area contributed by atoms with Crippen LogP contribution in [0.25, 0.3) is 0 Å². The molecule has 78 valence electrons. The third-order valence-corrected chi connectivity index (χ3v) is 2.49. The molecule has 1 aromatic carbocycles. The molecule has 14 heavy (non-hydrogen) atoms. The van der Waals surface area contributed by atoms with Crippen molar-refractivity contribution in [2.75, 3.05) is 18.5 Å². The Kier molecular flexibility index (Phi) is 4.68. The van der Waals surface area contributed by atoms with E-state index in [9.17, 15) is 0 Å². The van der Waals surface area contributed by atoms with Crippen LogP contribution in [-0.2, 0) is 0 Å². The highest BCUT2D eigenvalue weighted by atomic mass is 79.9. The summed E-state index contributed by atoms with van der Waals surface area (Å²) in [6.45, 7) is 0.00525. The van der Waals surface area contributed by atoms with Gasteiger partial charge in [0.25, 0.3) is 0 Å². The summed E-state index contributed by atoms with van der Waals surface area (Å²) in [4.78, 5) is 0. The van der Waals surface area contributed by atoms with E-state index in [1.165, 1.54) is 0 Å². The van der Waals surface area contributed by atoms with Gasteiger partial charge in [-0.05, 0) is 18.2 Å². The van der Waals surface area contributed by atoms with Crippen LogP contribution in [0.15, 0.2) is 22.7 Å². The monoisotopic (exact) mass is 279 g/mol. The molecule has 0 heterocycles. The first kappa shape index (κ1) is 11.8. The molecule has 1 aromatic rings. The predicted molar refractivity (Wildman–Crippen MR) is 60.7 cm³/mol. The number of aliphatic hydroxyl groups is 2. The Balaban J connectivity index is 2.62. The van der Waals surface area contributed by atoms with Crippen molar-refractivity contribution in [3.63, 3.8) is 0 Å².